The number of rotatable bonds is 3. The number of nitrogens with one attached hydrogen (secondary N) is 2. The Morgan fingerprint density at radius 1 is 1.14 bits per heavy atom. The molecule has 0 spiro atoms. The van der Waals surface area contributed by atoms with Crippen LogP contribution >= 0.6 is 0 Å². The van der Waals surface area contributed by atoms with Crippen molar-refractivity contribution in [3.63, 3.8) is 0 Å². The van der Waals surface area contributed by atoms with Crippen LogP contribution < -0.4 is 10.0 Å². The molecular formula is C8H22N2O3S. The first-order chi connectivity index (χ1) is 6.12. The lowest BCUT2D eigenvalue weighted by Gasteiger charge is -2.16. The maximum absolute atomic E-state index is 10.1. The molecule has 0 saturated heterocycles. The molecule has 3 N–H and O–H groups in total. The predicted octanol–water partition coefficient (Wildman–Crippen LogP) is 0.793. The molecule has 88 valence electrons. The van der Waals surface area contributed by atoms with E-state index in [2.05, 4.69) is 19.2 Å². The highest BCUT2D eigenvalue weighted by Crippen LogP contribution is 1.99. The molecule has 0 aliphatic carbocycles. The molecule has 0 unspecified atom stereocenters. The van der Waals surface area contributed by atoms with E-state index in [-0.39, 0.29) is 0 Å². The summed E-state index contributed by atoms with van der Waals surface area (Å²) in [5, 5.41) is 3.11. The second-order valence-electron chi connectivity index (χ2n) is 3.78. The molecule has 0 aliphatic heterocycles. The van der Waals surface area contributed by atoms with Gasteiger partial charge in [-0.3, -0.25) is 4.55 Å². The summed E-state index contributed by atoms with van der Waals surface area (Å²) in [6.07, 6.45) is 0. The Hall–Kier alpha value is -0.170. The van der Waals surface area contributed by atoms with Gasteiger partial charge in [0, 0.05) is 5.54 Å². The van der Waals surface area contributed by atoms with E-state index in [0.717, 1.165) is 13.1 Å². The van der Waals surface area contributed by atoms with E-state index in [9.17, 15) is 8.42 Å². The fourth-order valence-corrected chi connectivity index (χ4v) is 1.41. The van der Waals surface area contributed by atoms with Gasteiger partial charge in [0.2, 0.25) is 0 Å². The van der Waals surface area contributed by atoms with Gasteiger partial charge in [-0.2, -0.15) is 13.1 Å². The highest BCUT2D eigenvalue weighted by Gasteiger charge is 2.16. The highest BCUT2D eigenvalue weighted by atomic mass is 32.2. The molecule has 14 heavy (non-hydrogen) atoms. The normalized spacial score (nSPS) is 11.9. The lowest BCUT2D eigenvalue weighted by molar-refractivity contribution is 0.424. The van der Waals surface area contributed by atoms with Crippen LogP contribution in [0.4, 0.5) is 0 Å². The Labute approximate surface area is 87.2 Å². The third-order valence-electron chi connectivity index (χ3n) is 0.935. The molecule has 5 nitrogen and oxygen atoms in total. The van der Waals surface area contributed by atoms with Crippen molar-refractivity contribution in [3.05, 3.63) is 0 Å². The Kier molecular flexibility index (Phi) is 8.33. The van der Waals surface area contributed by atoms with E-state index < -0.39 is 15.8 Å². The van der Waals surface area contributed by atoms with E-state index in [1.54, 1.807) is 20.8 Å². The maximum atomic E-state index is 10.1. The first kappa shape index (κ1) is 16.3. The average Bonchev–Trinajstić information content (AvgIpc) is 1.81. The minimum atomic E-state index is -4.03. The quantitative estimate of drug-likeness (QED) is 0.622. The Morgan fingerprint density at radius 3 is 1.50 bits per heavy atom. The van der Waals surface area contributed by atoms with Crippen LogP contribution in [-0.2, 0) is 10.3 Å². The molecule has 0 radical (unpaired) electrons. The summed E-state index contributed by atoms with van der Waals surface area (Å²) in [5.41, 5.74) is -0.604. The summed E-state index contributed by atoms with van der Waals surface area (Å²) in [4.78, 5) is 0. The van der Waals surface area contributed by atoms with Crippen LogP contribution in [0.5, 0.6) is 0 Å². The molecule has 0 aromatic heterocycles. The van der Waals surface area contributed by atoms with Gasteiger partial charge in [0.15, 0.2) is 0 Å². The van der Waals surface area contributed by atoms with Crippen molar-refractivity contribution in [2.75, 3.05) is 13.1 Å². The van der Waals surface area contributed by atoms with Gasteiger partial charge in [0.1, 0.15) is 0 Å². The monoisotopic (exact) mass is 226 g/mol. The van der Waals surface area contributed by atoms with Gasteiger partial charge in [-0.1, -0.05) is 13.8 Å². The van der Waals surface area contributed by atoms with Crippen LogP contribution in [0.25, 0.3) is 0 Å². The SMILES string of the molecule is CC(C)(C)NS(=O)(=O)O.CCNCC. The number of hydrogen-bond donors (Lipinski definition) is 3. The van der Waals surface area contributed by atoms with Crippen molar-refractivity contribution in [2.45, 2.75) is 40.2 Å². The minimum absolute atomic E-state index is 0.604. The molecule has 0 amide bonds. The van der Waals surface area contributed by atoms with Crippen LogP contribution in [0, 0.1) is 0 Å². The van der Waals surface area contributed by atoms with Crippen molar-refractivity contribution in [2.24, 2.45) is 0 Å². The van der Waals surface area contributed by atoms with Crippen molar-refractivity contribution in [1.82, 2.24) is 10.0 Å². The van der Waals surface area contributed by atoms with E-state index >= 15 is 0 Å². The Bertz CT molecular complexity index is 217. The molecule has 0 bridgehead atoms. The summed E-state index contributed by atoms with van der Waals surface area (Å²) in [5.74, 6) is 0. The molecule has 0 rings (SSSR count). The summed E-state index contributed by atoms with van der Waals surface area (Å²) in [6.45, 7) is 11.3. The molecule has 0 aliphatic rings. The van der Waals surface area contributed by atoms with E-state index in [1.807, 2.05) is 4.72 Å². The lowest BCUT2D eigenvalue weighted by Crippen LogP contribution is -2.39. The van der Waals surface area contributed by atoms with Gasteiger partial charge in [-0.15, -0.1) is 0 Å². The fourth-order valence-electron chi connectivity index (χ4n) is 0.637. The van der Waals surface area contributed by atoms with E-state index in [1.165, 1.54) is 0 Å². The second kappa shape index (κ2) is 7.17. The molecule has 0 atom stereocenters. The van der Waals surface area contributed by atoms with Crippen LogP contribution in [0.3, 0.4) is 0 Å². The molecule has 6 heteroatoms. The van der Waals surface area contributed by atoms with Gasteiger partial charge in [0.25, 0.3) is 0 Å². The second-order valence-corrected chi connectivity index (χ2v) is 4.94. The topological polar surface area (TPSA) is 78.4 Å². The van der Waals surface area contributed by atoms with Gasteiger partial charge in [0.05, 0.1) is 0 Å². The summed E-state index contributed by atoms with van der Waals surface area (Å²) >= 11 is 0. The molecule has 0 fully saturated rings. The molecule has 0 saturated carbocycles. The smallest absolute Gasteiger partial charge is 0.317 e. The zero-order valence-electron chi connectivity index (χ0n) is 9.59. The predicted molar refractivity (Wildman–Crippen MR) is 58.7 cm³/mol. The molecular weight excluding hydrogens is 204 g/mol. The molecule has 0 aromatic rings. The first-order valence-corrected chi connectivity index (χ1v) is 6.03. The Balaban J connectivity index is 0. The minimum Gasteiger partial charge on any atom is -0.317 e. The van der Waals surface area contributed by atoms with Crippen molar-refractivity contribution >= 4 is 10.3 Å². The standard InChI is InChI=1S/C4H11NO3S.C4H11N/c1-4(2,3)5-9(6,7)8;1-3-5-4-2/h5H,1-3H3,(H,6,7,8);5H,3-4H2,1-2H3. The summed E-state index contributed by atoms with van der Waals surface area (Å²) < 4.78 is 30.4. The van der Waals surface area contributed by atoms with E-state index in [0.29, 0.717) is 0 Å². The fraction of sp³-hybridized carbons (Fsp3) is 1.00. The third kappa shape index (κ3) is 22.6. The lowest BCUT2D eigenvalue weighted by atomic mass is 10.1. The maximum Gasteiger partial charge on any atom is 0.333 e. The average molecular weight is 226 g/mol. The van der Waals surface area contributed by atoms with Crippen LogP contribution in [0.2, 0.25) is 0 Å². The van der Waals surface area contributed by atoms with Crippen LogP contribution in [-0.4, -0.2) is 31.6 Å². The van der Waals surface area contributed by atoms with Crippen LogP contribution in [0.15, 0.2) is 0 Å². The van der Waals surface area contributed by atoms with Gasteiger partial charge < -0.3 is 5.32 Å². The van der Waals surface area contributed by atoms with E-state index in [4.69, 9.17) is 4.55 Å². The van der Waals surface area contributed by atoms with Gasteiger partial charge >= 0.3 is 10.3 Å². The molecule has 0 heterocycles. The van der Waals surface area contributed by atoms with Gasteiger partial charge in [-0.25, -0.2) is 0 Å². The number of hydrogen-bond acceptors (Lipinski definition) is 3. The van der Waals surface area contributed by atoms with Crippen LogP contribution in [0.1, 0.15) is 34.6 Å². The first-order valence-electron chi connectivity index (χ1n) is 4.59. The van der Waals surface area contributed by atoms with Crippen molar-refractivity contribution in [3.8, 4) is 0 Å². The van der Waals surface area contributed by atoms with Gasteiger partial charge in [-0.05, 0) is 33.9 Å². The zero-order valence-corrected chi connectivity index (χ0v) is 10.4. The van der Waals surface area contributed by atoms with Crippen molar-refractivity contribution < 1.29 is 13.0 Å². The van der Waals surface area contributed by atoms with Crippen molar-refractivity contribution in [1.29, 1.82) is 0 Å². The highest BCUT2D eigenvalue weighted by molar-refractivity contribution is 7.83. The summed E-state index contributed by atoms with van der Waals surface area (Å²) in [6, 6.07) is 0. The molecule has 0 aromatic carbocycles. The Morgan fingerprint density at radius 2 is 1.50 bits per heavy atom. The zero-order chi connectivity index (χ0) is 11.8. The summed E-state index contributed by atoms with van der Waals surface area (Å²) in [7, 11) is -4.03. The third-order valence-corrected chi connectivity index (χ3v) is 1.81. The largest absolute Gasteiger partial charge is 0.333 e.